The number of rotatable bonds is 3. The van der Waals surface area contributed by atoms with E-state index in [0.717, 1.165) is 38.1 Å². The molecule has 11 heteroatoms. The maximum Gasteiger partial charge on any atom is 0.417 e. The van der Waals surface area contributed by atoms with Crippen molar-refractivity contribution in [3.8, 4) is 0 Å². The Kier molecular flexibility index (Phi) is 8.92. The molecule has 2 atom stereocenters. The van der Waals surface area contributed by atoms with E-state index in [9.17, 15) is 18.0 Å². The molecule has 2 aliphatic rings. The first-order chi connectivity index (χ1) is 11.8. The van der Waals surface area contributed by atoms with Crippen molar-refractivity contribution in [1.29, 1.82) is 0 Å². The monoisotopic (exact) mass is 448 g/mol. The van der Waals surface area contributed by atoms with Crippen LogP contribution in [0.5, 0.6) is 0 Å². The summed E-state index contributed by atoms with van der Waals surface area (Å²) in [5, 5.41) is 6.18. The molecule has 0 aliphatic carbocycles. The van der Waals surface area contributed by atoms with Gasteiger partial charge in [-0.05, 0) is 31.9 Å². The Hall–Kier alpha value is -0.960. The quantitative estimate of drug-likeness (QED) is 0.742. The number of amides is 1. The van der Waals surface area contributed by atoms with Crippen molar-refractivity contribution in [1.82, 2.24) is 15.6 Å². The third kappa shape index (κ3) is 6.01. The van der Waals surface area contributed by atoms with Crippen LogP contribution in [0.3, 0.4) is 0 Å². The van der Waals surface area contributed by atoms with Crippen LogP contribution in [0.4, 0.5) is 19.0 Å². The number of hydrogen-bond donors (Lipinski definition) is 2. The van der Waals surface area contributed by atoms with Gasteiger partial charge in [0.1, 0.15) is 5.82 Å². The van der Waals surface area contributed by atoms with Crippen LogP contribution in [0.15, 0.2) is 12.3 Å². The summed E-state index contributed by atoms with van der Waals surface area (Å²) in [5.41, 5.74) is -0.867. The highest BCUT2D eigenvalue weighted by Crippen LogP contribution is 2.34. The third-order valence-corrected chi connectivity index (χ3v) is 4.89. The number of anilines is 1. The van der Waals surface area contributed by atoms with Gasteiger partial charge in [-0.1, -0.05) is 18.0 Å². The average molecular weight is 450 g/mol. The van der Waals surface area contributed by atoms with Crippen LogP contribution in [0.2, 0.25) is 5.02 Å². The normalized spacial score (nSPS) is 22.6. The third-order valence-electron chi connectivity index (χ3n) is 4.61. The van der Waals surface area contributed by atoms with Crippen LogP contribution < -0.4 is 15.5 Å². The molecule has 154 valence electrons. The Morgan fingerprint density at radius 1 is 1.30 bits per heavy atom. The van der Waals surface area contributed by atoms with E-state index >= 15 is 0 Å². The Bertz CT molecular complexity index is 642. The van der Waals surface area contributed by atoms with Gasteiger partial charge in [0.05, 0.1) is 16.6 Å². The topological polar surface area (TPSA) is 57.3 Å². The second kappa shape index (κ2) is 10.0. The minimum atomic E-state index is -4.47. The molecule has 0 bridgehead atoms. The molecule has 2 fully saturated rings. The molecule has 27 heavy (non-hydrogen) atoms. The average Bonchev–Trinajstić information content (AvgIpc) is 3.03. The van der Waals surface area contributed by atoms with E-state index in [1.807, 2.05) is 4.90 Å². The molecule has 2 N–H and O–H groups in total. The van der Waals surface area contributed by atoms with Crippen molar-refractivity contribution < 1.29 is 18.0 Å². The molecule has 5 nitrogen and oxygen atoms in total. The number of carbonyl (C=O) groups excluding carboxylic acids is 1. The number of hydrogen-bond acceptors (Lipinski definition) is 4. The van der Waals surface area contributed by atoms with Gasteiger partial charge in [-0.15, -0.1) is 24.8 Å². The summed E-state index contributed by atoms with van der Waals surface area (Å²) in [6.07, 6.45) is -0.0269. The second-order valence-electron chi connectivity index (χ2n) is 6.47. The van der Waals surface area contributed by atoms with Crippen molar-refractivity contribution in [3.63, 3.8) is 0 Å². The number of piperidine rings is 1. The fourth-order valence-corrected chi connectivity index (χ4v) is 3.55. The number of aromatic nitrogens is 1. The van der Waals surface area contributed by atoms with Gasteiger partial charge in [0.25, 0.3) is 0 Å². The van der Waals surface area contributed by atoms with Gasteiger partial charge in [-0.25, -0.2) is 4.98 Å². The molecule has 3 rings (SSSR count). The molecule has 1 aromatic rings. The predicted octanol–water partition coefficient (Wildman–Crippen LogP) is 3.43. The number of nitrogens with one attached hydrogen (secondary N) is 2. The fraction of sp³-hybridized carbons (Fsp3) is 0.625. The van der Waals surface area contributed by atoms with Gasteiger partial charge in [-0.2, -0.15) is 13.2 Å². The van der Waals surface area contributed by atoms with Gasteiger partial charge in [0.2, 0.25) is 5.91 Å². The number of carbonyl (C=O) groups is 1. The highest BCUT2D eigenvalue weighted by atomic mass is 35.5. The number of alkyl halides is 3. The van der Waals surface area contributed by atoms with E-state index in [-0.39, 0.29) is 47.8 Å². The van der Waals surface area contributed by atoms with Crippen molar-refractivity contribution in [2.75, 3.05) is 24.5 Å². The highest BCUT2D eigenvalue weighted by Gasteiger charge is 2.33. The standard InChI is InChI=1S/C16H20ClF3N4O.2ClH/c17-12-7-10(16(18,19)20)8-22-14(12)24-6-4-11(9-24)23-15(25)13-3-1-2-5-21-13;;/h7-8,11,13,21H,1-6,9H2,(H,23,25);2*1H/t11?,13-;;/m1../s1. The SMILES string of the molecule is Cl.Cl.O=C(NC1CCN(c2ncc(C(F)(F)F)cc2Cl)C1)[C@H]1CCCCN1. The van der Waals surface area contributed by atoms with E-state index < -0.39 is 11.7 Å². The molecule has 1 unspecified atom stereocenters. The van der Waals surface area contributed by atoms with Gasteiger partial charge in [-0.3, -0.25) is 4.79 Å². The van der Waals surface area contributed by atoms with Crippen LogP contribution in [-0.2, 0) is 11.0 Å². The lowest BCUT2D eigenvalue weighted by molar-refractivity contribution is -0.137. The first-order valence-electron chi connectivity index (χ1n) is 8.36. The molecule has 2 aliphatic heterocycles. The highest BCUT2D eigenvalue weighted by molar-refractivity contribution is 6.33. The Balaban J connectivity index is 0.00000182. The molecular formula is C16H22Cl3F3N4O. The number of nitrogens with zero attached hydrogens (tertiary/aromatic N) is 2. The van der Waals surface area contributed by atoms with Gasteiger partial charge < -0.3 is 15.5 Å². The minimum Gasteiger partial charge on any atom is -0.353 e. The molecule has 0 radical (unpaired) electrons. The molecule has 0 saturated carbocycles. The lowest BCUT2D eigenvalue weighted by atomic mass is 10.0. The van der Waals surface area contributed by atoms with Gasteiger partial charge in [0.15, 0.2) is 0 Å². The van der Waals surface area contributed by atoms with Crippen LogP contribution >= 0.6 is 36.4 Å². The summed E-state index contributed by atoms with van der Waals surface area (Å²) < 4.78 is 38.1. The number of halogens is 6. The first-order valence-corrected chi connectivity index (χ1v) is 8.74. The van der Waals surface area contributed by atoms with Gasteiger partial charge in [0, 0.05) is 25.3 Å². The second-order valence-corrected chi connectivity index (χ2v) is 6.88. The van der Waals surface area contributed by atoms with Crippen molar-refractivity contribution >= 4 is 48.1 Å². The molecule has 0 aromatic carbocycles. The maximum atomic E-state index is 12.7. The lowest BCUT2D eigenvalue weighted by Gasteiger charge is -2.25. The Labute approximate surface area is 173 Å². The zero-order valence-corrected chi connectivity index (χ0v) is 16.8. The summed E-state index contributed by atoms with van der Waals surface area (Å²) in [4.78, 5) is 17.9. The molecule has 0 spiro atoms. The van der Waals surface area contributed by atoms with E-state index in [1.165, 1.54) is 0 Å². The van der Waals surface area contributed by atoms with Crippen LogP contribution in [-0.4, -0.2) is 42.6 Å². The summed E-state index contributed by atoms with van der Waals surface area (Å²) in [5.74, 6) is 0.306. The largest absolute Gasteiger partial charge is 0.417 e. The molecule has 3 heterocycles. The Morgan fingerprint density at radius 2 is 2.04 bits per heavy atom. The van der Waals surface area contributed by atoms with Crippen molar-refractivity contribution in [2.45, 2.75) is 43.9 Å². The Morgan fingerprint density at radius 3 is 2.63 bits per heavy atom. The van der Waals surface area contributed by atoms with E-state index in [4.69, 9.17) is 11.6 Å². The zero-order chi connectivity index (χ0) is 18.0. The minimum absolute atomic E-state index is 0. The van der Waals surface area contributed by atoms with Crippen LogP contribution in [0.1, 0.15) is 31.2 Å². The summed E-state index contributed by atoms with van der Waals surface area (Å²) >= 11 is 5.99. The van der Waals surface area contributed by atoms with E-state index in [2.05, 4.69) is 15.6 Å². The molecular weight excluding hydrogens is 428 g/mol. The van der Waals surface area contributed by atoms with E-state index in [0.29, 0.717) is 25.3 Å². The predicted molar refractivity (Wildman–Crippen MR) is 103 cm³/mol. The van der Waals surface area contributed by atoms with Crippen LogP contribution in [0, 0.1) is 0 Å². The van der Waals surface area contributed by atoms with Crippen molar-refractivity contribution in [2.24, 2.45) is 0 Å². The summed E-state index contributed by atoms with van der Waals surface area (Å²) in [7, 11) is 0. The molecule has 1 amide bonds. The van der Waals surface area contributed by atoms with Gasteiger partial charge >= 0.3 is 6.18 Å². The van der Waals surface area contributed by atoms with E-state index in [1.54, 1.807) is 0 Å². The first kappa shape index (κ1) is 24.1. The van der Waals surface area contributed by atoms with Crippen molar-refractivity contribution in [3.05, 3.63) is 22.8 Å². The smallest absolute Gasteiger partial charge is 0.353 e. The zero-order valence-electron chi connectivity index (χ0n) is 14.4. The lowest BCUT2D eigenvalue weighted by Crippen LogP contribution is -2.50. The fourth-order valence-electron chi connectivity index (χ4n) is 3.27. The summed E-state index contributed by atoms with van der Waals surface area (Å²) in [6.45, 7) is 1.91. The van der Waals surface area contributed by atoms with Crippen LogP contribution in [0.25, 0.3) is 0 Å². The summed E-state index contributed by atoms with van der Waals surface area (Å²) in [6, 6.07) is 0.675. The molecule has 1 aromatic heterocycles. The maximum absolute atomic E-state index is 12.7. The molecule has 2 saturated heterocycles. The number of pyridine rings is 1.